The molecule has 0 saturated carbocycles. The zero-order valence-electron chi connectivity index (χ0n) is 19.6. The van der Waals surface area contributed by atoms with Crippen molar-refractivity contribution in [1.82, 2.24) is 0 Å². The van der Waals surface area contributed by atoms with Crippen LogP contribution in [-0.2, 0) is 11.2 Å². The van der Waals surface area contributed by atoms with Crippen LogP contribution >= 0.6 is 15.9 Å². The van der Waals surface area contributed by atoms with Gasteiger partial charge in [0.05, 0.1) is 20.6 Å². The molecule has 0 unspecified atom stereocenters. The lowest BCUT2D eigenvalue weighted by Gasteiger charge is -2.11. The number of phenolic OH excluding ortho intramolecular Hbond substituents is 1. The predicted octanol–water partition coefficient (Wildman–Crippen LogP) is 6.75. The second kappa shape index (κ2) is 10.4. The van der Waals surface area contributed by atoms with Crippen molar-refractivity contribution in [1.29, 1.82) is 0 Å². The molecule has 3 aromatic carbocycles. The lowest BCUT2D eigenvalue weighted by Crippen LogP contribution is -2.12. The summed E-state index contributed by atoms with van der Waals surface area (Å²) in [6.07, 6.45) is 2.68. The van der Waals surface area contributed by atoms with Crippen molar-refractivity contribution in [3.8, 4) is 17.2 Å². The number of allylic oxidation sites excluding steroid dienone is 3. The Morgan fingerprint density at radius 2 is 1.77 bits per heavy atom. The topological polar surface area (TPSA) is 67.8 Å². The van der Waals surface area contributed by atoms with Crippen LogP contribution in [0.5, 0.6) is 17.2 Å². The van der Waals surface area contributed by atoms with Gasteiger partial charge in [0.15, 0.2) is 11.5 Å². The fourth-order valence-corrected chi connectivity index (χ4v) is 4.68. The molecule has 0 heterocycles. The Bertz CT molecular complexity index is 1340. The van der Waals surface area contributed by atoms with Gasteiger partial charge in [0, 0.05) is 10.2 Å². The van der Waals surface area contributed by atoms with Crippen molar-refractivity contribution in [3.05, 3.63) is 93.2 Å². The first kappa shape index (κ1) is 24.5. The number of carbonyl (C=O) groups is 1. The van der Waals surface area contributed by atoms with Gasteiger partial charge in [-0.1, -0.05) is 34.1 Å². The van der Waals surface area contributed by atoms with E-state index in [0.29, 0.717) is 23.6 Å². The number of rotatable bonds is 7. The number of halogens is 2. The Morgan fingerprint density at radius 3 is 2.43 bits per heavy atom. The molecule has 4 rings (SSSR count). The van der Waals surface area contributed by atoms with E-state index >= 15 is 0 Å². The van der Waals surface area contributed by atoms with Crippen molar-refractivity contribution in [2.75, 3.05) is 19.5 Å². The maximum atomic E-state index is 14.2. The van der Waals surface area contributed by atoms with Gasteiger partial charge in [-0.2, -0.15) is 0 Å². The van der Waals surface area contributed by atoms with Gasteiger partial charge in [0.25, 0.3) is 0 Å². The van der Waals surface area contributed by atoms with E-state index in [2.05, 4.69) is 21.2 Å². The average molecular weight is 538 g/mol. The predicted molar refractivity (Wildman–Crippen MR) is 139 cm³/mol. The summed E-state index contributed by atoms with van der Waals surface area (Å²) < 4.78 is 25.6. The van der Waals surface area contributed by atoms with Crippen LogP contribution in [0, 0.1) is 5.82 Å². The number of aromatic hydroxyl groups is 1. The summed E-state index contributed by atoms with van der Waals surface area (Å²) in [7, 11) is 2.97. The smallest absolute Gasteiger partial charge is 0.228 e. The van der Waals surface area contributed by atoms with Crippen molar-refractivity contribution in [2.24, 2.45) is 0 Å². The summed E-state index contributed by atoms with van der Waals surface area (Å²) in [6.45, 7) is 1.95. The van der Waals surface area contributed by atoms with E-state index in [4.69, 9.17) is 9.47 Å². The fourth-order valence-electron chi connectivity index (χ4n) is 4.28. The molecular weight excluding hydrogens is 513 g/mol. The molecule has 1 aliphatic carbocycles. The number of methoxy groups -OCH3 is 2. The number of ether oxygens (including phenoxy) is 2. The summed E-state index contributed by atoms with van der Waals surface area (Å²) in [5.74, 6) is 0.0631. The quantitative estimate of drug-likeness (QED) is 0.349. The first-order chi connectivity index (χ1) is 16.8. The minimum atomic E-state index is -0.351. The Balaban J connectivity index is 1.65. The van der Waals surface area contributed by atoms with Crippen LogP contribution in [0.3, 0.4) is 0 Å². The first-order valence-electron chi connectivity index (χ1n) is 11.0. The minimum absolute atomic E-state index is 0.0529. The van der Waals surface area contributed by atoms with Gasteiger partial charge in [-0.15, -0.1) is 0 Å². The maximum absolute atomic E-state index is 14.2. The van der Waals surface area contributed by atoms with Gasteiger partial charge < -0.3 is 19.9 Å². The van der Waals surface area contributed by atoms with E-state index in [0.717, 1.165) is 37.9 Å². The molecular formula is C28H25BrFNO4. The van der Waals surface area contributed by atoms with Gasteiger partial charge >= 0.3 is 0 Å². The third-order valence-electron chi connectivity index (χ3n) is 5.98. The van der Waals surface area contributed by atoms with Crippen LogP contribution in [0.15, 0.2) is 70.7 Å². The van der Waals surface area contributed by atoms with E-state index in [1.54, 1.807) is 18.2 Å². The van der Waals surface area contributed by atoms with Crippen LogP contribution < -0.4 is 14.8 Å². The van der Waals surface area contributed by atoms with Crippen molar-refractivity contribution < 1.29 is 23.8 Å². The third-order valence-corrected chi connectivity index (χ3v) is 6.47. The van der Waals surface area contributed by atoms with Gasteiger partial charge in [-0.25, -0.2) is 4.39 Å². The van der Waals surface area contributed by atoms with Gasteiger partial charge in [-0.3, -0.25) is 4.79 Å². The number of phenols is 1. The molecule has 0 spiro atoms. The molecule has 5 nitrogen and oxygen atoms in total. The monoisotopic (exact) mass is 537 g/mol. The molecule has 0 atom stereocenters. The normalized spacial score (nSPS) is 13.7. The zero-order chi connectivity index (χ0) is 25.1. The second-order valence-electron chi connectivity index (χ2n) is 8.20. The number of nitrogens with one attached hydrogen (secondary N) is 1. The summed E-state index contributed by atoms with van der Waals surface area (Å²) in [4.78, 5) is 12.9. The Hall–Kier alpha value is -3.58. The molecule has 0 fully saturated rings. The second-order valence-corrected chi connectivity index (χ2v) is 9.12. The van der Waals surface area contributed by atoms with E-state index in [-0.39, 0.29) is 23.9 Å². The number of carbonyl (C=O) groups excluding carboxylic acids is 1. The number of amides is 1. The number of benzene rings is 3. The first-order valence-corrected chi connectivity index (χ1v) is 11.8. The van der Waals surface area contributed by atoms with E-state index in [9.17, 15) is 14.3 Å². The third kappa shape index (κ3) is 5.25. The molecule has 7 heteroatoms. The summed E-state index contributed by atoms with van der Waals surface area (Å²) in [5, 5.41) is 13.1. The largest absolute Gasteiger partial charge is 0.502 e. The van der Waals surface area contributed by atoms with Crippen molar-refractivity contribution >= 4 is 38.7 Å². The molecule has 35 heavy (non-hydrogen) atoms. The Kier molecular flexibility index (Phi) is 7.26. The number of anilines is 1. The fraction of sp³-hybridized carbons (Fsp3) is 0.179. The molecule has 1 aliphatic rings. The van der Waals surface area contributed by atoms with Crippen molar-refractivity contribution in [3.63, 3.8) is 0 Å². The van der Waals surface area contributed by atoms with Gasteiger partial charge in [0.1, 0.15) is 5.82 Å². The van der Waals surface area contributed by atoms with Crippen LogP contribution in [-0.4, -0.2) is 25.2 Å². The standard InChI is InChI=1S/C28H25BrFNO4/c1-16-21(9-7-17-11-25(34-2)28(33)26(12-17)35-3)22-10-8-19(30)14-24(22)23(16)15-27(32)31-20-6-4-5-18(29)13-20/h4-6,8-14,33H,7,15H2,1-3H3,(H,31,32)/b21-9-. The lowest BCUT2D eigenvalue weighted by molar-refractivity contribution is -0.115. The molecule has 180 valence electrons. The van der Waals surface area contributed by atoms with Gasteiger partial charge in [-0.05, 0) is 89.2 Å². The molecule has 0 radical (unpaired) electrons. The molecule has 1 amide bonds. The lowest BCUT2D eigenvalue weighted by atomic mass is 10.00. The van der Waals surface area contributed by atoms with Crippen molar-refractivity contribution in [2.45, 2.75) is 19.8 Å². The van der Waals surface area contributed by atoms with E-state index in [1.807, 2.05) is 37.3 Å². The van der Waals surface area contributed by atoms with Crippen LogP contribution in [0.4, 0.5) is 10.1 Å². The highest BCUT2D eigenvalue weighted by molar-refractivity contribution is 9.10. The molecule has 2 N–H and O–H groups in total. The summed E-state index contributed by atoms with van der Waals surface area (Å²) in [5.41, 5.74) is 5.82. The number of fused-ring (bicyclic) bond motifs is 1. The molecule has 0 aromatic heterocycles. The SMILES string of the molecule is COc1cc(C/C=C2/C(C)=C(CC(=O)Nc3cccc(Br)c3)c3cc(F)ccc32)cc(OC)c1O. The molecule has 3 aromatic rings. The zero-order valence-corrected chi connectivity index (χ0v) is 21.2. The van der Waals surface area contributed by atoms with E-state index in [1.165, 1.54) is 26.4 Å². The minimum Gasteiger partial charge on any atom is -0.502 e. The average Bonchev–Trinajstić information content (AvgIpc) is 3.08. The number of hydrogen-bond acceptors (Lipinski definition) is 4. The summed E-state index contributed by atoms with van der Waals surface area (Å²) >= 11 is 3.41. The van der Waals surface area contributed by atoms with Crippen LogP contribution in [0.1, 0.15) is 30.0 Å². The van der Waals surface area contributed by atoms with E-state index < -0.39 is 0 Å². The highest BCUT2D eigenvalue weighted by Gasteiger charge is 2.26. The highest BCUT2D eigenvalue weighted by atomic mass is 79.9. The van der Waals surface area contributed by atoms with Gasteiger partial charge in [0.2, 0.25) is 11.7 Å². The molecule has 0 aliphatic heterocycles. The molecule has 0 saturated heterocycles. The summed E-state index contributed by atoms with van der Waals surface area (Å²) in [6, 6.07) is 15.5. The Labute approximate surface area is 212 Å². The highest BCUT2D eigenvalue weighted by Crippen LogP contribution is 2.44. The van der Waals surface area contributed by atoms with Crippen LogP contribution in [0.2, 0.25) is 0 Å². The Morgan fingerprint density at radius 1 is 1.06 bits per heavy atom. The number of hydrogen-bond donors (Lipinski definition) is 2. The maximum Gasteiger partial charge on any atom is 0.228 e. The molecule has 0 bridgehead atoms. The van der Waals surface area contributed by atoms with Crippen LogP contribution in [0.25, 0.3) is 11.1 Å².